The van der Waals surface area contributed by atoms with Crippen LogP contribution in [0.5, 0.6) is 0 Å². The molecule has 0 aromatic carbocycles. The number of carboxylic acids is 2. The summed E-state index contributed by atoms with van der Waals surface area (Å²) < 4.78 is 31.7. The molecule has 0 saturated carbocycles. The van der Waals surface area contributed by atoms with E-state index >= 15 is 0 Å². The maximum Gasteiger partial charge on any atom is 0.490 e. The molecule has 8 N–H and O–H groups in total. The normalized spacial score (nSPS) is 22.2. The molecule has 1 amide bonds. The fourth-order valence-electron chi connectivity index (χ4n) is 2.87. The van der Waals surface area contributed by atoms with E-state index in [0.29, 0.717) is 0 Å². The molecule has 1 aromatic rings. The first-order chi connectivity index (χ1) is 16.3. The highest BCUT2D eigenvalue weighted by molar-refractivity contribution is 8.00. The molecule has 3 rings (SSSR count). The summed E-state index contributed by atoms with van der Waals surface area (Å²) in [5.74, 6) is -1.60. The third-order valence-electron chi connectivity index (χ3n) is 4.27. The first kappa shape index (κ1) is 27.5. The van der Waals surface area contributed by atoms with Crippen LogP contribution in [0, 0.1) is 5.92 Å². The van der Waals surface area contributed by atoms with Crippen molar-refractivity contribution in [3.63, 3.8) is 0 Å². The average molecular weight is 539 g/mol. The number of ketones is 1. The van der Waals surface area contributed by atoms with Crippen molar-refractivity contribution in [1.82, 2.24) is 9.88 Å². The van der Waals surface area contributed by atoms with E-state index in [1.807, 2.05) is 0 Å². The molecule has 1 aromatic heterocycles. The number of carbonyl (C=O) groups is 4. The molecule has 1 saturated heterocycles. The van der Waals surface area contributed by atoms with E-state index in [2.05, 4.69) is 15.2 Å². The summed E-state index contributed by atoms with van der Waals surface area (Å²) in [6.45, 7) is 0. The molecule has 3 heterocycles. The van der Waals surface area contributed by atoms with Gasteiger partial charge >= 0.3 is 18.1 Å². The number of nitrogens with zero attached hydrogens (tertiary/aromatic N) is 4. The number of aromatic nitrogens is 1. The Morgan fingerprint density at radius 3 is 2.34 bits per heavy atom. The standard InChI is InChI=1S/C14H15N7O5S2.C2HF3O2/c1-26-20-7(5-3-27-14(16)19-5)9(22)6-11(23)21-8(13(24)25)4(2-18-17)10(15)28-12(6)21;3-2(4,5)1(6)7/h2-3,6,10,12H,15,17H2,1H3,(H2,16,19)(H,24,25);(H,6,7)/b18-2?,20-7-;/t6?,10?,12-;/m1./s1. The molecule has 0 spiro atoms. The van der Waals surface area contributed by atoms with Gasteiger partial charge in [0.05, 0.1) is 11.6 Å². The van der Waals surface area contributed by atoms with Crippen LogP contribution in [0.2, 0.25) is 0 Å². The number of alkyl halides is 3. The third kappa shape index (κ3) is 5.69. The molecule has 0 radical (unpaired) electrons. The van der Waals surface area contributed by atoms with Gasteiger partial charge in [0.15, 0.2) is 10.8 Å². The highest BCUT2D eigenvalue weighted by Gasteiger charge is 2.59. The summed E-state index contributed by atoms with van der Waals surface area (Å²) in [4.78, 5) is 56.0. The van der Waals surface area contributed by atoms with Gasteiger partial charge in [0.1, 0.15) is 29.8 Å². The largest absolute Gasteiger partial charge is 0.490 e. The number of oxime groups is 1. The minimum Gasteiger partial charge on any atom is -0.477 e. The molecule has 3 atom stereocenters. The van der Waals surface area contributed by atoms with Crippen LogP contribution in [0.15, 0.2) is 26.9 Å². The fraction of sp³-hybridized carbons (Fsp3) is 0.312. The molecule has 2 aliphatic rings. The lowest BCUT2D eigenvalue weighted by molar-refractivity contribution is -0.192. The number of halogens is 3. The molecule has 0 bridgehead atoms. The Labute approximate surface area is 201 Å². The quantitative estimate of drug-likeness (QED) is 0.0999. The van der Waals surface area contributed by atoms with Gasteiger partial charge in [-0.05, 0) is 0 Å². The van der Waals surface area contributed by atoms with Gasteiger partial charge in [-0.2, -0.15) is 18.3 Å². The van der Waals surface area contributed by atoms with Gasteiger partial charge in [-0.1, -0.05) is 5.16 Å². The van der Waals surface area contributed by atoms with Gasteiger partial charge in [0, 0.05) is 11.0 Å². The number of nitrogen functional groups attached to an aromatic ring is 1. The number of amides is 1. The summed E-state index contributed by atoms with van der Waals surface area (Å²) in [5.41, 5.74) is 11.3. The number of Topliss-reactive ketones (excluding diaryl/α,β-unsaturated/α-hetero) is 1. The lowest BCUT2D eigenvalue weighted by Gasteiger charge is -2.49. The van der Waals surface area contributed by atoms with Gasteiger partial charge in [0.25, 0.3) is 0 Å². The van der Waals surface area contributed by atoms with Crippen molar-refractivity contribution in [3.05, 3.63) is 22.3 Å². The number of thioether (sulfide) groups is 1. The minimum atomic E-state index is -5.08. The zero-order valence-electron chi connectivity index (χ0n) is 17.3. The van der Waals surface area contributed by atoms with Crippen LogP contribution in [0.3, 0.4) is 0 Å². The minimum absolute atomic E-state index is 0.0774. The van der Waals surface area contributed by atoms with Gasteiger partial charge in [0.2, 0.25) is 11.7 Å². The van der Waals surface area contributed by atoms with Crippen LogP contribution in [0.25, 0.3) is 0 Å². The lowest BCUT2D eigenvalue weighted by Crippen LogP contribution is -2.66. The first-order valence-corrected chi connectivity index (χ1v) is 10.7. The lowest BCUT2D eigenvalue weighted by atomic mass is 9.88. The Bertz CT molecular complexity index is 1130. The summed E-state index contributed by atoms with van der Waals surface area (Å²) in [6.07, 6.45) is -4.00. The van der Waals surface area contributed by atoms with E-state index in [0.717, 1.165) is 34.2 Å². The second kappa shape index (κ2) is 10.7. The van der Waals surface area contributed by atoms with E-state index in [4.69, 9.17) is 32.0 Å². The highest BCUT2D eigenvalue weighted by atomic mass is 32.2. The van der Waals surface area contributed by atoms with Crippen molar-refractivity contribution >= 4 is 63.8 Å². The molecule has 190 valence electrons. The number of hydrogen-bond acceptors (Lipinski definition) is 13. The van der Waals surface area contributed by atoms with Crippen LogP contribution in [-0.2, 0) is 24.0 Å². The smallest absolute Gasteiger partial charge is 0.477 e. The molecular formula is C16H16F3N7O7S2. The van der Waals surface area contributed by atoms with Crippen molar-refractivity contribution in [2.24, 2.45) is 27.8 Å². The average Bonchev–Trinajstić information content (AvgIpc) is 3.18. The van der Waals surface area contributed by atoms with Crippen molar-refractivity contribution in [1.29, 1.82) is 0 Å². The van der Waals surface area contributed by atoms with Crippen molar-refractivity contribution in [3.8, 4) is 0 Å². The van der Waals surface area contributed by atoms with E-state index in [9.17, 15) is 32.7 Å². The predicted molar refractivity (Wildman–Crippen MR) is 116 cm³/mol. The second-order valence-corrected chi connectivity index (χ2v) is 8.53. The number of hydrogen-bond donors (Lipinski definition) is 5. The van der Waals surface area contributed by atoms with Crippen LogP contribution in [0.4, 0.5) is 18.3 Å². The van der Waals surface area contributed by atoms with Gasteiger partial charge in [-0.25, -0.2) is 14.6 Å². The summed E-state index contributed by atoms with van der Waals surface area (Å²) in [7, 11) is 1.24. The molecule has 2 aliphatic heterocycles. The number of thiazole rings is 1. The predicted octanol–water partition coefficient (Wildman–Crippen LogP) is -0.622. The Hall–Kier alpha value is -3.71. The number of nitrogens with two attached hydrogens (primary N) is 3. The SMILES string of the molecule is CO/N=C(\C(=O)C1C(=O)N2C(C(=O)O)=C(C=NN)C(N)S[C@H]12)c1csc(N)n1.O=C(O)C(F)(F)F. The molecule has 0 aliphatic carbocycles. The number of carboxylic acid groups (broad SMARTS) is 2. The summed E-state index contributed by atoms with van der Waals surface area (Å²) in [6, 6.07) is 0. The van der Waals surface area contributed by atoms with Crippen LogP contribution >= 0.6 is 23.1 Å². The van der Waals surface area contributed by atoms with Crippen molar-refractivity contribution < 1.29 is 47.4 Å². The van der Waals surface area contributed by atoms with E-state index < -0.39 is 46.5 Å². The Balaban J connectivity index is 0.000000540. The number of hydrazone groups is 1. The van der Waals surface area contributed by atoms with Gasteiger partial charge in [-0.15, -0.1) is 23.1 Å². The van der Waals surface area contributed by atoms with E-state index in [1.165, 1.54) is 12.5 Å². The molecule has 19 heteroatoms. The topological polar surface area (TPSA) is 237 Å². The molecular weight excluding hydrogens is 523 g/mol. The van der Waals surface area contributed by atoms with Crippen LogP contribution in [-0.4, -0.2) is 79.7 Å². The Kier molecular flexibility index (Phi) is 8.41. The third-order valence-corrected chi connectivity index (χ3v) is 6.25. The molecule has 14 nitrogen and oxygen atoms in total. The van der Waals surface area contributed by atoms with E-state index in [-0.39, 0.29) is 27.8 Å². The van der Waals surface area contributed by atoms with Crippen LogP contribution in [0.1, 0.15) is 5.69 Å². The summed E-state index contributed by atoms with van der Waals surface area (Å²) in [5, 5.41) is 23.7. The van der Waals surface area contributed by atoms with E-state index in [1.54, 1.807) is 0 Å². The van der Waals surface area contributed by atoms with Crippen molar-refractivity contribution in [2.75, 3.05) is 12.8 Å². The number of carbonyl (C=O) groups excluding carboxylic acids is 2. The second-order valence-electron chi connectivity index (χ2n) is 6.38. The highest BCUT2D eigenvalue weighted by Crippen LogP contribution is 2.46. The number of aliphatic carboxylic acids is 2. The number of fused-ring (bicyclic) bond motifs is 1. The zero-order valence-corrected chi connectivity index (χ0v) is 18.9. The zero-order chi connectivity index (χ0) is 26.7. The maximum absolute atomic E-state index is 13.0. The maximum atomic E-state index is 13.0. The van der Waals surface area contributed by atoms with Gasteiger partial charge in [-0.3, -0.25) is 14.5 Å². The molecule has 1 fully saturated rings. The first-order valence-electron chi connectivity index (χ1n) is 8.87. The van der Waals surface area contributed by atoms with Crippen LogP contribution < -0.4 is 17.3 Å². The number of rotatable bonds is 6. The summed E-state index contributed by atoms with van der Waals surface area (Å²) >= 11 is 2.13. The Morgan fingerprint density at radius 1 is 1.31 bits per heavy atom. The number of β-lactam (4-membered cyclic amide) rings is 1. The monoisotopic (exact) mass is 539 g/mol. The fourth-order valence-corrected chi connectivity index (χ4v) is 4.77. The number of anilines is 1. The molecule has 35 heavy (non-hydrogen) atoms. The van der Waals surface area contributed by atoms with Crippen molar-refractivity contribution in [2.45, 2.75) is 16.9 Å². The molecule has 2 unspecified atom stereocenters. The Morgan fingerprint density at radius 2 is 1.91 bits per heavy atom. The van der Waals surface area contributed by atoms with Gasteiger partial charge < -0.3 is 32.4 Å².